The van der Waals surface area contributed by atoms with E-state index in [2.05, 4.69) is 5.32 Å². The number of hydrogen-bond acceptors (Lipinski definition) is 3. The number of hydrogen-bond donors (Lipinski definition) is 2. The van der Waals surface area contributed by atoms with Gasteiger partial charge in [-0.25, -0.2) is 4.79 Å². The lowest BCUT2D eigenvalue weighted by Gasteiger charge is -2.31. The number of carbonyl (C=O) groups is 2. The highest BCUT2D eigenvalue weighted by atomic mass is 16.5. The third-order valence-electron chi connectivity index (χ3n) is 3.03. The molecular weight excluding hydrogens is 248 g/mol. The number of aliphatic carboxylic acids is 1. The Balaban J connectivity index is 4.56. The summed E-state index contributed by atoms with van der Waals surface area (Å²) in [6, 6.07) is -0.462. The van der Waals surface area contributed by atoms with Crippen molar-refractivity contribution < 1.29 is 19.4 Å². The Morgan fingerprint density at radius 2 is 1.89 bits per heavy atom. The number of carboxylic acid groups (broad SMARTS) is 1. The summed E-state index contributed by atoms with van der Waals surface area (Å²) in [6.45, 7) is 6.73. The second kappa shape index (κ2) is 9.61. The van der Waals surface area contributed by atoms with Crippen LogP contribution in [0.3, 0.4) is 0 Å². The van der Waals surface area contributed by atoms with Gasteiger partial charge in [0.25, 0.3) is 0 Å². The molecule has 0 aliphatic carbocycles. The second-order valence-electron chi connectivity index (χ2n) is 4.60. The van der Waals surface area contributed by atoms with E-state index in [9.17, 15) is 9.59 Å². The molecule has 112 valence electrons. The fourth-order valence-electron chi connectivity index (χ4n) is 1.98. The second-order valence-corrected chi connectivity index (χ2v) is 4.60. The molecule has 0 spiro atoms. The van der Waals surface area contributed by atoms with Gasteiger partial charge in [-0.3, -0.25) is 4.79 Å². The number of nitrogens with zero attached hydrogens (tertiary/aromatic N) is 1. The number of nitrogens with one attached hydrogen (secondary N) is 1. The van der Waals surface area contributed by atoms with Crippen molar-refractivity contribution in [3.8, 4) is 0 Å². The minimum Gasteiger partial charge on any atom is -0.481 e. The molecule has 0 aliphatic rings. The van der Waals surface area contributed by atoms with Crippen LogP contribution in [-0.4, -0.2) is 54.4 Å². The van der Waals surface area contributed by atoms with Gasteiger partial charge in [0.2, 0.25) is 0 Å². The first-order valence-electron chi connectivity index (χ1n) is 6.74. The van der Waals surface area contributed by atoms with Crippen LogP contribution in [0.15, 0.2) is 0 Å². The van der Waals surface area contributed by atoms with E-state index in [1.54, 1.807) is 18.9 Å². The molecule has 0 aliphatic heterocycles. The molecule has 6 nitrogen and oxygen atoms in total. The Kier molecular flexibility index (Phi) is 8.95. The lowest BCUT2D eigenvalue weighted by Crippen LogP contribution is -2.50. The summed E-state index contributed by atoms with van der Waals surface area (Å²) in [7, 11) is 1.59. The van der Waals surface area contributed by atoms with Crippen molar-refractivity contribution in [2.24, 2.45) is 0 Å². The van der Waals surface area contributed by atoms with Crippen LogP contribution in [0.2, 0.25) is 0 Å². The topological polar surface area (TPSA) is 78.9 Å². The fraction of sp³-hybridized carbons (Fsp3) is 0.846. The van der Waals surface area contributed by atoms with Gasteiger partial charge in [-0.1, -0.05) is 13.8 Å². The molecule has 0 bridgehead atoms. The van der Waals surface area contributed by atoms with E-state index in [0.717, 1.165) is 12.8 Å². The molecule has 0 fully saturated rings. The molecule has 0 radical (unpaired) electrons. The Morgan fingerprint density at radius 3 is 2.32 bits per heavy atom. The summed E-state index contributed by atoms with van der Waals surface area (Å²) in [6.07, 6.45) is 1.65. The SMILES string of the molecule is CCC(CC)N(CCOC)C(=O)NC(C)CC(=O)O. The van der Waals surface area contributed by atoms with E-state index in [1.807, 2.05) is 13.8 Å². The maximum atomic E-state index is 12.2. The third kappa shape index (κ3) is 7.00. The Bertz CT molecular complexity index is 280. The molecule has 0 aromatic rings. The van der Waals surface area contributed by atoms with Gasteiger partial charge in [-0.15, -0.1) is 0 Å². The first kappa shape index (κ1) is 17.7. The van der Waals surface area contributed by atoms with E-state index >= 15 is 0 Å². The predicted octanol–water partition coefficient (Wildman–Crippen LogP) is 1.70. The Labute approximate surface area is 115 Å². The molecule has 0 aromatic carbocycles. The van der Waals surface area contributed by atoms with Gasteiger partial charge in [0, 0.05) is 25.7 Å². The molecule has 1 unspecified atom stereocenters. The average molecular weight is 274 g/mol. The van der Waals surface area contributed by atoms with Crippen molar-refractivity contribution in [1.29, 1.82) is 0 Å². The molecular formula is C13H26N2O4. The first-order valence-corrected chi connectivity index (χ1v) is 6.74. The molecule has 1 atom stereocenters. The number of carboxylic acids is 1. The van der Waals surface area contributed by atoms with Crippen LogP contribution in [0.1, 0.15) is 40.0 Å². The maximum Gasteiger partial charge on any atom is 0.317 e. The zero-order valence-electron chi connectivity index (χ0n) is 12.3. The van der Waals surface area contributed by atoms with Crippen LogP contribution in [0, 0.1) is 0 Å². The predicted molar refractivity (Wildman–Crippen MR) is 73.2 cm³/mol. The summed E-state index contributed by atoms with van der Waals surface area (Å²) in [5.41, 5.74) is 0. The van der Waals surface area contributed by atoms with Crippen molar-refractivity contribution in [1.82, 2.24) is 10.2 Å². The standard InChI is InChI=1S/C13H26N2O4/c1-5-11(6-2)15(7-8-19-4)13(18)14-10(3)9-12(16)17/h10-11H,5-9H2,1-4H3,(H,14,18)(H,16,17). The summed E-state index contributed by atoms with van der Waals surface area (Å²) >= 11 is 0. The van der Waals surface area contributed by atoms with Crippen LogP contribution in [0.4, 0.5) is 4.79 Å². The quantitative estimate of drug-likeness (QED) is 0.670. The van der Waals surface area contributed by atoms with E-state index in [1.165, 1.54) is 0 Å². The minimum atomic E-state index is -0.918. The largest absolute Gasteiger partial charge is 0.481 e. The molecule has 0 saturated carbocycles. The average Bonchev–Trinajstić information content (AvgIpc) is 2.33. The van der Waals surface area contributed by atoms with Crippen molar-refractivity contribution in [2.45, 2.75) is 52.1 Å². The molecule has 2 amide bonds. The zero-order valence-corrected chi connectivity index (χ0v) is 12.3. The molecule has 19 heavy (non-hydrogen) atoms. The van der Waals surface area contributed by atoms with Crippen LogP contribution < -0.4 is 5.32 Å². The number of ether oxygens (including phenoxy) is 1. The van der Waals surface area contributed by atoms with Crippen molar-refractivity contribution >= 4 is 12.0 Å². The van der Waals surface area contributed by atoms with Gasteiger partial charge in [0.05, 0.1) is 13.0 Å². The molecule has 6 heteroatoms. The molecule has 0 saturated heterocycles. The van der Waals surface area contributed by atoms with Crippen LogP contribution in [0.25, 0.3) is 0 Å². The maximum absolute atomic E-state index is 12.2. The number of methoxy groups -OCH3 is 1. The number of carbonyl (C=O) groups excluding carboxylic acids is 1. The van der Waals surface area contributed by atoms with E-state index in [-0.39, 0.29) is 24.5 Å². The molecule has 0 rings (SSSR count). The summed E-state index contributed by atoms with van der Waals surface area (Å²) in [4.78, 5) is 24.5. The zero-order chi connectivity index (χ0) is 14.8. The highest BCUT2D eigenvalue weighted by Gasteiger charge is 2.22. The van der Waals surface area contributed by atoms with Gasteiger partial charge in [-0.2, -0.15) is 0 Å². The Morgan fingerprint density at radius 1 is 1.32 bits per heavy atom. The molecule has 0 aromatic heterocycles. The monoisotopic (exact) mass is 274 g/mol. The van der Waals surface area contributed by atoms with Crippen molar-refractivity contribution in [3.63, 3.8) is 0 Å². The lowest BCUT2D eigenvalue weighted by atomic mass is 10.1. The fourth-order valence-corrected chi connectivity index (χ4v) is 1.98. The van der Waals surface area contributed by atoms with Crippen LogP contribution in [0.5, 0.6) is 0 Å². The third-order valence-corrected chi connectivity index (χ3v) is 3.03. The number of rotatable bonds is 9. The Hall–Kier alpha value is -1.30. The van der Waals surface area contributed by atoms with Crippen LogP contribution >= 0.6 is 0 Å². The lowest BCUT2D eigenvalue weighted by molar-refractivity contribution is -0.137. The van der Waals surface area contributed by atoms with Gasteiger partial charge < -0.3 is 20.1 Å². The van der Waals surface area contributed by atoms with Crippen molar-refractivity contribution in [2.75, 3.05) is 20.3 Å². The normalized spacial score (nSPS) is 12.3. The van der Waals surface area contributed by atoms with E-state index in [4.69, 9.17) is 9.84 Å². The highest BCUT2D eigenvalue weighted by molar-refractivity contribution is 5.76. The van der Waals surface area contributed by atoms with Gasteiger partial charge >= 0.3 is 12.0 Å². The summed E-state index contributed by atoms with van der Waals surface area (Å²) in [5, 5.41) is 11.4. The summed E-state index contributed by atoms with van der Waals surface area (Å²) < 4.78 is 5.02. The van der Waals surface area contributed by atoms with E-state index < -0.39 is 5.97 Å². The van der Waals surface area contributed by atoms with Gasteiger partial charge in [0.1, 0.15) is 0 Å². The molecule has 0 heterocycles. The molecule has 2 N–H and O–H groups in total. The van der Waals surface area contributed by atoms with E-state index in [0.29, 0.717) is 13.2 Å². The van der Waals surface area contributed by atoms with Crippen LogP contribution in [-0.2, 0) is 9.53 Å². The highest BCUT2D eigenvalue weighted by Crippen LogP contribution is 2.09. The van der Waals surface area contributed by atoms with Gasteiger partial charge in [0.15, 0.2) is 0 Å². The number of urea groups is 1. The minimum absolute atomic E-state index is 0.0766. The first-order chi connectivity index (χ1) is 8.96. The summed E-state index contributed by atoms with van der Waals surface area (Å²) in [5.74, 6) is -0.918. The van der Waals surface area contributed by atoms with Crippen molar-refractivity contribution in [3.05, 3.63) is 0 Å². The number of amides is 2. The van der Waals surface area contributed by atoms with Gasteiger partial charge in [-0.05, 0) is 19.8 Å². The smallest absolute Gasteiger partial charge is 0.317 e.